The van der Waals surface area contributed by atoms with E-state index in [1.807, 2.05) is 0 Å². The van der Waals surface area contributed by atoms with Crippen molar-refractivity contribution in [3.63, 3.8) is 0 Å². The van der Waals surface area contributed by atoms with Gasteiger partial charge in [-0.25, -0.2) is 18.0 Å². The summed E-state index contributed by atoms with van der Waals surface area (Å²) in [6.07, 6.45) is -0.115. The maximum Gasteiger partial charge on any atom is 0.325 e. The smallest absolute Gasteiger partial charge is 0.323 e. The number of aromatic amines is 1. The lowest BCUT2D eigenvalue weighted by molar-refractivity contribution is -0.116. The predicted molar refractivity (Wildman–Crippen MR) is 74.1 cm³/mol. The van der Waals surface area contributed by atoms with Crippen LogP contribution in [0.25, 0.3) is 0 Å². The first kappa shape index (κ1) is 15.9. The maximum absolute atomic E-state index is 13.4. The van der Waals surface area contributed by atoms with Gasteiger partial charge in [-0.2, -0.15) is 0 Å². The molecule has 1 aromatic heterocycles. The van der Waals surface area contributed by atoms with Crippen molar-refractivity contribution >= 4 is 11.6 Å². The zero-order valence-corrected chi connectivity index (χ0v) is 12.0. The van der Waals surface area contributed by atoms with Gasteiger partial charge in [0.2, 0.25) is 5.91 Å². The summed E-state index contributed by atoms with van der Waals surface area (Å²) in [7, 11) is 0. The van der Waals surface area contributed by atoms with E-state index in [0.717, 1.165) is 12.1 Å². The normalized spacial score (nSPS) is 10.8. The minimum Gasteiger partial charge on any atom is -0.323 e. The second kappa shape index (κ2) is 6.08. The third-order valence-electron chi connectivity index (χ3n) is 3.36. The molecule has 0 aliphatic rings. The number of carbonyl (C=O) groups excluding carboxylic acids is 1. The Bertz CT molecular complexity index is 780. The number of amides is 1. The number of anilines is 1. The molecule has 118 valence electrons. The summed E-state index contributed by atoms with van der Waals surface area (Å²) in [6.45, 7) is 3.54. The van der Waals surface area contributed by atoms with Crippen LogP contribution in [-0.4, -0.2) is 15.5 Å². The van der Waals surface area contributed by atoms with Crippen molar-refractivity contribution < 1.29 is 18.0 Å². The van der Waals surface area contributed by atoms with Crippen LogP contribution >= 0.6 is 0 Å². The van der Waals surface area contributed by atoms with Gasteiger partial charge in [0.25, 0.3) is 0 Å². The van der Waals surface area contributed by atoms with Gasteiger partial charge < -0.3 is 10.3 Å². The summed E-state index contributed by atoms with van der Waals surface area (Å²) < 4.78 is 40.6. The average Bonchev–Trinajstić information content (AvgIpc) is 2.71. The van der Waals surface area contributed by atoms with Crippen LogP contribution in [-0.2, 0) is 11.3 Å². The summed E-state index contributed by atoms with van der Waals surface area (Å²) in [5.41, 5.74) is 0.592. The Balaban J connectivity index is 2.05. The van der Waals surface area contributed by atoms with E-state index in [2.05, 4.69) is 10.3 Å². The minimum atomic E-state index is -1.65. The van der Waals surface area contributed by atoms with Gasteiger partial charge in [-0.05, 0) is 26.0 Å². The molecule has 2 N–H and O–H groups in total. The molecule has 0 spiro atoms. The average molecular weight is 313 g/mol. The second-order valence-corrected chi connectivity index (χ2v) is 4.81. The maximum atomic E-state index is 13.4. The van der Waals surface area contributed by atoms with Crippen LogP contribution in [0.4, 0.5) is 18.9 Å². The zero-order valence-electron chi connectivity index (χ0n) is 12.0. The number of halogens is 3. The van der Waals surface area contributed by atoms with Crippen LogP contribution in [0.3, 0.4) is 0 Å². The third kappa shape index (κ3) is 3.05. The third-order valence-corrected chi connectivity index (χ3v) is 3.36. The number of aryl methyl sites for hydroxylation is 1. The molecule has 0 aliphatic heterocycles. The highest BCUT2D eigenvalue weighted by Gasteiger charge is 2.15. The SMILES string of the molecule is Cc1[nH]c(=O)n(CCC(=O)Nc2ccc(F)c(F)c2F)c1C. The number of aromatic nitrogens is 2. The van der Waals surface area contributed by atoms with Gasteiger partial charge in [-0.3, -0.25) is 9.36 Å². The molecule has 0 unspecified atom stereocenters. The van der Waals surface area contributed by atoms with Crippen molar-refractivity contribution in [2.75, 3.05) is 5.32 Å². The monoisotopic (exact) mass is 313 g/mol. The summed E-state index contributed by atoms with van der Waals surface area (Å²) in [4.78, 5) is 25.9. The van der Waals surface area contributed by atoms with E-state index >= 15 is 0 Å². The topological polar surface area (TPSA) is 66.9 Å². The van der Waals surface area contributed by atoms with E-state index < -0.39 is 29.0 Å². The lowest BCUT2D eigenvalue weighted by atomic mass is 10.2. The van der Waals surface area contributed by atoms with E-state index in [4.69, 9.17) is 0 Å². The fraction of sp³-hybridized carbons (Fsp3) is 0.286. The number of carbonyl (C=O) groups is 1. The van der Waals surface area contributed by atoms with Crippen molar-refractivity contribution in [3.05, 3.63) is 51.5 Å². The first-order valence-electron chi connectivity index (χ1n) is 6.50. The molecule has 0 saturated carbocycles. The fourth-order valence-corrected chi connectivity index (χ4v) is 1.99. The molecule has 5 nitrogen and oxygen atoms in total. The lowest BCUT2D eigenvalue weighted by Gasteiger charge is -2.08. The van der Waals surface area contributed by atoms with Crippen molar-refractivity contribution in [2.45, 2.75) is 26.8 Å². The second-order valence-electron chi connectivity index (χ2n) is 4.81. The van der Waals surface area contributed by atoms with Gasteiger partial charge in [0, 0.05) is 24.4 Å². The van der Waals surface area contributed by atoms with Crippen LogP contribution in [0.1, 0.15) is 17.8 Å². The Labute approximate surface area is 123 Å². The number of hydrogen-bond acceptors (Lipinski definition) is 2. The first-order chi connectivity index (χ1) is 10.3. The van der Waals surface area contributed by atoms with Crippen LogP contribution in [0.15, 0.2) is 16.9 Å². The van der Waals surface area contributed by atoms with E-state index in [1.54, 1.807) is 13.8 Å². The molecular weight excluding hydrogens is 299 g/mol. The summed E-state index contributed by atoms with van der Waals surface area (Å²) >= 11 is 0. The van der Waals surface area contributed by atoms with Crippen molar-refractivity contribution in [3.8, 4) is 0 Å². The number of imidazole rings is 1. The Kier molecular flexibility index (Phi) is 4.39. The highest BCUT2D eigenvalue weighted by atomic mass is 19.2. The lowest BCUT2D eigenvalue weighted by Crippen LogP contribution is -2.22. The van der Waals surface area contributed by atoms with E-state index in [-0.39, 0.29) is 18.7 Å². The summed E-state index contributed by atoms with van der Waals surface area (Å²) in [5.74, 6) is -5.05. The fourth-order valence-electron chi connectivity index (χ4n) is 1.99. The van der Waals surface area contributed by atoms with E-state index in [9.17, 15) is 22.8 Å². The number of nitrogens with zero attached hydrogens (tertiary/aromatic N) is 1. The van der Waals surface area contributed by atoms with Gasteiger partial charge in [0.15, 0.2) is 17.5 Å². The van der Waals surface area contributed by atoms with E-state index in [1.165, 1.54) is 4.57 Å². The quantitative estimate of drug-likeness (QED) is 0.850. The molecule has 2 rings (SSSR count). The molecule has 1 amide bonds. The number of rotatable bonds is 4. The van der Waals surface area contributed by atoms with Crippen LogP contribution < -0.4 is 11.0 Å². The molecular formula is C14H14F3N3O2. The minimum absolute atomic E-state index is 0.0894. The highest BCUT2D eigenvalue weighted by molar-refractivity contribution is 5.90. The molecule has 0 atom stereocenters. The van der Waals surface area contributed by atoms with Crippen molar-refractivity contribution in [1.29, 1.82) is 0 Å². The van der Waals surface area contributed by atoms with Gasteiger partial charge in [-0.15, -0.1) is 0 Å². The molecule has 22 heavy (non-hydrogen) atoms. The zero-order chi connectivity index (χ0) is 16.4. The Morgan fingerprint density at radius 3 is 2.50 bits per heavy atom. The van der Waals surface area contributed by atoms with Gasteiger partial charge >= 0.3 is 5.69 Å². The van der Waals surface area contributed by atoms with E-state index in [0.29, 0.717) is 11.4 Å². The molecule has 0 radical (unpaired) electrons. The molecule has 0 fully saturated rings. The Morgan fingerprint density at radius 2 is 1.91 bits per heavy atom. The molecule has 8 heteroatoms. The molecule has 0 saturated heterocycles. The molecule has 0 aliphatic carbocycles. The van der Waals surface area contributed by atoms with Gasteiger partial charge in [-0.1, -0.05) is 0 Å². The van der Waals surface area contributed by atoms with Crippen LogP contribution in [0, 0.1) is 31.3 Å². The highest BCUT2D eigenvalue weighted by Crippen LogP contribution is 2.19. The standard InChI is InChI=1S/C14H14F3N3O2/c1-7-8(2)20(14(22)18-7)6-5-11(21)19-10-4-3-9(15)12(16)13(10)17/h3-4H,5-6H2,1-2H3,(H,18,22)(H,19,21). The van der Waals surface area contributed by atoms with Crippen molar-refractivity contribution in [1.82, 2.24) is 9.55 Å². The van der Waals surface area contributed by atoms with Crippen LogP contribution in [0.2, 0.25) is 0 Å². The molecule has 1 heterocycles. The number of H-pyrrole nitrogens is 1. The molecule has 1 aromatic carbocycles. The number of hydrogen-bond donors (Lipinski definition) is 2. The van der Waals surface area contributed by atoms with Crippen LogP contribution in [0.5, 0.6) is 0 Å². The Hall–Kier alpha value is -2.51. The number of benzene rings is 1. The van der Waals surface area contributed by atoms with Gasteiger partial charge in [0.1, 0.15) is 0 Å². The van der Waals surface area contributed by atoms with Crippen molar-refractivity contribution in [2.24, 2.45) is 0 Å². The largest absolute Gasteiger partial charge is 0.325 e. The predicted octanol–water partition coefficient (Wildman–Crippen LogP) is 2.24. The summed E-state index contributed by atoms with van der Waals surface area (Å²) in [6, 6.07) is 1.65. The molecule has 2 aromatic rings. The Morgan fingerprint density at radius 1 is 1.23 bits per heavy atom. The summed E-state index contributed by atoms with van der Waals surface area (Å²) in [5, 5.41) is 2.15. The number of nitrogens with one attached hydrogen (secondary N) is 2. The first-order valence-corrected chi connectivity index (χ1v) is 6.50. The van der Waals surface area contributed by atoms with Gasteiger partial charge in [0.05, 0.1) is 5.69 Å². The molecule has 0 bridgehead atoms.